The summed E-state index contributed by atoms with van der Waals surface area (Å²) in [5.74, 6) is 1.60. The molecule has 1 N–H and O–H groups in total. The number of hydrogen-bond acceptors (Lipinski definition) is 7. The van der Waals surface area contributed by atoms with Gasteiger partial charge in [-0.2, -0.15) is 5.10 Å². The summed E-state index contributed by atoms with van der Waals surface area (Å²) in [6, 6.07) is 8.24. The Labute approximate surface area is 203 Å². The van der Waals surface area contributed by atoms with Crippen LogP contribution in [0.25, 0.3) is 11.3 Å². The maximum atomic E-state index is 13.2. The van der Waals surface area contributed by atoms with Crippen LogP contribution in [0.2, 0.25) is 0 Å². The lowest BCUT2D eigenvalue weighted by molar-refractivity contribution is 0.0595. The van der Waals surface area contributed by atoms with E-state index in [1.165, 1.54) is 10.4 Å². The predicted molar refractivity (Wildman–Crippen MR) is 131 cm³/mol. The Morgan fingerprint density at radius 2 is 1.79 bits per heavy atom. The summed E-state index contributed by atoms with van der Waals surface area (Å²) in [6.07, 6.45) is 3.14. The molecule has 0 radical (unpaired) electrons. The van der Waals surface area contributed by atoms with Gasteiger partial charge >= 0.3 is 0 Å². The lowest BCUT2D eigenvalue weighted by Crippen LogP contribution is -2.48. The van der Waals surface area contributed by atoms with E-state index in [4.69, 9.17) is 14.2 Å². The van der Waals surface area contributed by atoms with E-state index in [-0.39, 0.29) is 5.91 Å². The van der Waals surface area contributed by atoms with Crippen LogP contribution in [0.1, 0.15) is 33.8 Å². The van der Waals surface area contributed by atoms with Crippen LogP contribution in [0.5, 0.6) is 17.2 Å². The Morgan fingerprint density at radius 1 is 1.06 bits per heavy atom. The molecule has 0 bridgehead atoms. The smallest absolute Gasteiger partial charge is 0.271 e. The van der Waals surface area contributed by atoms with Gasteiger partial charge in [-0.05, 0) is 54.5 Å². The van der Waals surface area contributed by atoms with Gasteiger partial charge in [-0.1, -0.05) is 0 Å². The van der Waals surface area contributed by atoms with Crippen LogP contribution in [-0.2, 0) is 13.0 Å². The van der Waals surface area contributed by atoms with Crippen LogP contribution < -0.4 is 14.2 Å². The number of aromatic nitrogens is 2. The van der Waals surface area contributed by atoms with Crippen molar-refractivity contribution in [2.45, 2.75) is 31.8 Å². The minimum Gasteiger partial charge on any atom is -0.493 e. The summed E-state index contributed by atoms with van der Waals surface area (Å²) < 4.78 is 16.3. The molecule has 0 spiro atoms. The number of carbonyl (C=O) groups excluding carboxylic acids is 1. The fourth-order valence-electron chi connectivity index (χ4n) is 4.99. The number of thiophene rings is 1. The maximum absolute atomic E-state index is 13.2. The van der Waals surface area contributed by atoms with Crippen molar-refractivity contribution < 1.29 is 19.0 Å². The predicted octanol–water partition coefficient (Wildman–Crippen LogP) is 3.83. The highest BCUT2D eigenvalue weighted by molar-refractivity contribution is 7.10. The number of benzene rings is 1. The van der Waals surface area contributed by atoms with Crippen molar-refractivity contribution in [1.29, 1.82) is 0 Å². The third-order valence-electron chi connectivity index (χ3n) is 6.87. The van der Waals surface area contributed by atoms with E-state index in [1.54, 1.807) is 27.4 Å². The van der Waals surface area contributed by atoms with Crippen LogP contribution in [-0.4, -0.2) is 72.9 Å². The molecule has 34 heavy (non-hydrogen) atoms. The van der Waals surface area contributed by atoms with Crippen LogP contribution in [0.4, 0.5) is 0 Å². The molecule has 1 amide bonds. The van der Waals surface area contributed by atoms with Gasteiger partial charge in [-0.3, -0.25) is 14.8 Å². The van der Waals surface area contributed by atoms with Crippen molar-refractivity contribution in [2.75, 3.05) is 41.0 Å². The summed E-state index contributed by atoms with van der Waals surface area (Å²) >= 11 is 1.87. The lowest BCUT2D eigenvalue weighted by Gasteiger charge is -2.40. The number of methoxy groups -OCH3 is 3. The highest BCUT2D eigenvalue weighted by Gasteiger charge is 2.30. The highest BCUT2D eigenvalue weighted by Crippen LogP contribution is 2.41. The lowest BCUT2D eigenvalue weighted by atomic mass is 9.99. The van der Waals surface area contributed by atoms with E-state index >= 15 is 0 Å². The Balaban J connectivity index is 1.25. The molecule has 0 atom stereocenters. The van der Waals surface area contributed by atoms with Gasteiger partial charge in [0.1, 0.15) is 5.69 Å². The first-order valence-electron chi connectivity index (χ1n) is 11.6. The number of aromatic amines is 1. The number of rotatable bonds is 6. The van der Waals surface area contributed by atoms with Gasteiger partial charge in [0.15, 0.2) is 11.5 Å². The van der Waals surface area contributed by atoms with E-state index in [9.17, 15) is 4.79 Å². The first-order valence-corrected chi connectivity index (χ1v) is 12.4. The normalized spacial score (nSPS) is 16.9. The van der Waals surface area contributed by atoms with Gasteiger partial charge in [-0.15, -0.1) is 11.3 Å². The summed E-state index contributed by atoms with van der Waals surface area (Å²) in [6.45, 7) is 3.67. The van der Waals surface area contributed by atoms with Crippen LogP contribution in [0.3, 0.4) is 0 Å². The quantitative estimate of drug-likeness (QED) is 0.575. The third kappa shape index (κ3) is 4.25. The first kappa shape index (κ1) is 22.7. The second kappa shape index (κ2) is 9.68. The number of ether oxygens (including phenoxy) is 3. The SMILES string of the molecule is COc1cc(-c2cc(C(=O)N3CCC(N4CCc5sccc5C4)CC3)[nH]n2)cc(OC)c1OC. The van der Waals surface area contributed by atoms with Gasteiger partial charge in [0, 0.05) is 42.7 Å². The number of carbonyl (C=O) groups is 1. The van der Waals surface area contributed by atoms with Crippen molar-refractivity contribution in [3.8, 4) is 28.5 Å². The molecular formula is C25H30N4O4S. The summed E-state index contributed by atoms with van der Waals surface area (Å²) in [7, 11) is 4.72. The average Bonchev–Trinajstić information content (AvgIpc) is 3.57. The molecule has 9 heteroatoms. The fraction of sp³-hybridized carbons (Fsp3) is 0.440. The summed E-state index contributed by atoms with van der Waals surface area (Å²) in [4.78, 5) is 19.2. The number of amides is 1. The number of likely N-dealkylation sites (tertiary alicyclic amines) is 1. The number of fused-ring (bicyclic) bond motifs is 1. The minimum absolute atomic E-state index is 0.0107. The molecule has 2 aliphatic rings. The van der Waals surface area contributed by atoms with Gasteiger partial charge in [0.25, 0.3) is 5.91 Å². The molecule has 1 aromatic carbocycles. The third-order valence-corrected chi connectivity index (χ3v) is 7.90. The Bertz CT molecular complexity index is 1140. The Hall–Kier alpha value is -3.04. The van der Waals surface area contributed by atoms with Gasteiger partial charge in [0.2, 0.25) is 5.75 Å². The van der Waals surface area contributed by atoms with Gasteiger partial charge in [0.05, 0.1) is 27.0 Å². The van der Waals surface area contributed by atoms with E-state index < -0.39 is 0 Å². The zero-order chi connectivity index (χ0) is 23.7. The van der Waals surface area contributed by atoms with Gasteiger partial charge < -0.3 is 19.1 Å². The van der Waals surface area contributed by atoms with Crippen LogP contribution in [0, 0.1) is 0 Å². The van der Waals surface area contributed by atoms with E-state index in [0.717, 1.165) is 51.0 Å². The van der Waals surface area contributed by atoms with E-state index in [0.29, 0.717) is 34.7 Å². The van der Waals surface area contributed by atoms with Crippen molar-refractivity contribution in [3.05, 3.63) is 45.8 Å². The first-order chi connectivity index (χ1) is 16.6. The maximum Gasteiger partial charge on any atom is 0.271 e. The number of H-pyrrole nitrogens is 1. The standard InChI is InChI=1S/C25H30N4O4S/c1-31-21-12-17(13-22(32-2)24(21)33-3)19-14-20(27-26-19)25(30)28-8-4-18(5-9-28)29-10-6-23-16(15-29)7-11-34-23/h7,11-14,18H,4-6,8-10,15H2,1-3H3,(H,26,27). The number of nitrogens with one attached hydrogen (secondary N) is 1. The molecule has 180 valence electrons. The Morgan fingerprint density at radius 3 is 2.47 bits per heavy atom. The van der Waals surface area contributed by atoms with Gasteiger partial charge in [-0.25, -0.2) is 0 Å². The van der Waals surface area contributed by atoms with Crippen LogP contribution in [0.15, 0.2) is 29.6 Å². The van der Waals surface area contributed by atoms with E-state index in [2.05, 4.69) is 26.5 Å². The molecule has 5 rings (SSSR count). The molecule has 2 aliphatic heterocycles. The Kier molecular flexibility index (Phi) is 6.47. The molecule has 0 saturated carbocycles. The molecule has 0 unspecified atom stereocenters. The second-order valence-corrected chi connectivity index (χ2v) is 9.69. The van der Waals surface area contributed by atoms with Crippen molar-refractivity contribution in [1.82, 2.24) is 20.0 Å². The van der Waals surface area contributed by atoms with Crippen molar-refractivity contribution in [2.24, 2.45) is 0 Å². The van der Waals surface area contributed by atoms with Crippen molar-refractivity contribution in [3.63, 3.8) is 0 Å². The molecular weight excluding hydrogens is 452 g/mol. The molecule has 3 aromatic rings. The highest BCUT2D eigenvalue weighted by atomic mass is 32.1. The van der Waals surface area contributed by atoms with E-state index in [1.807, 2.05) is 28.4 Å². The average molecular weight is 483 g/mol. The molecule has 1 fully saturated rings. The monoisotopic (exact) mass is 482 g/mol. The second-order valence-electron chi connectivity index (χ2n) is 8.69. The fourth-order valence-corrected chi connectivity index (χ4v) is 5.88. The van der Waals surface area contributed by atoms with Crippen molar-refractivity contribution >= 4 is 17.2 Å². The molecule has 4 heterocycles. The molecule has 1 saturated heterocycles. The number of piperidine rings is 1. The zero-order valence-electron chi connectivity index (χ0n) is 19.8. The topological polar surface area (TPSA) is 79.9 Å². The largest absolute Gasteiger partial charge is 0.493 e. The molecule has 8 nitrogen and oxygen atoms in total. The van der Waals surface area contributed by atoms with Crippen LogP contribution >= 0.6 is 11.3 Å². The summed E-state index contributed by atoms with van der Waals surface area (Å²) in [5.41, 5.74) is 3.40. The minimum atomic E-state index is -0.0107. The number of hydrogen-bond donors (Lipinski definition) is 1. The summed E-state index contributed by atoms with van der Waals surface area (Å²) in [5, 5.41) is 9.51. The zero-order valence-corrected chi connectivity index (χ0v) is 20.6. The molecule has 2 aromatic heterocycles. The molecule has 0 aliphatic carbocycles. The number of nitrogens with zero attached hydrogens (tertiary/aromatic N) is 3.